The zero-order chi connectivity index (χ0) is 33.7. The van der Waals surface area contributed by atoms with Gasteiger partial charge in [0, 0.05) is 24.2 Å². The second-order valence-corrected chi connectivity index (χ2v) is 12.2. The molecule has 4 aromatic rings. The summed E-state index contributed by atoms with van der Waals surface area (Å²) in [6.07, 6.45) is 1.12. The van der Waals surface area contributed by atoms with Crippen LogP contribution in [0.4, 0.5) is 23.7 Å². The molecule has 1 unspecified atom stereocenters. The number of aliphatic imine (C=N–C) groups is 1. The summed E-state index contributed by atoms with van der Waals surface area (Å²) in [6.45, 7) is 11.2. The molecule has 1 atom stereocenters. The Morgan fingerprint density at radius 1 is 1.02 bits per heavy atom. The number of rotatable bonds is 10. The van der Waals surface area contributed by atoms with Crippen LogP contribution in [0, 0.1) is 12.8 Å². The first kappa shape index (κ1) is 33.4. The molecule has 0 aliphatic carbocycles. The first-order valence-corrected chi connectivity index (χ1v) is 15.7. The third kappa shape index (κ3) is 8.46. The predicted octanol–water partition coefficient (Wildman–Crippen LogP) is 8.76. The van der Waals surface area contributed by atoms with Gasteiger partial charge in [0.15, 0.2) is 5.82 Å². The Bertz CT molecular complexity index is 1760. The Labute approximate surface area is 273 Å². The number of ether oxygens (including phenoxy) is 1. The van der Waals surface area contributed by atoms with E-state index in [1.807, 2.05) is 37.3 Å². The molecule has 1 N–H and O–H groups in total. The van der Waals surface area contributed by atoms with Crippen molar-refractivity contribution in [2.45, 2.75) is 66.2 Å². The van der Waals surface area contributed by atoms with Gasteiger partial charge < -0.3 is 15.0 Å². The highest BCUT2D eigenvalue weighted by Crippen LogP contribution is 2.35. The monoisotopic (exact) mass is 644 g/mol. The lowest BCUT2D eigenvalue weighted by Crippen LogP contribution is -2.30. The minimum atomic E-state index is -4.74. The van der Waals surface area contributed by atoms with Gasteiger partial charge in [-0.3, -0.25) is 0 Å². The number of hydrogen-bond donors (Lipinski definition) is 1. The lowest BCUT2D eigenvalue weighted by molar-refractivity contribution is -0.274. The first-order valence-electron chi connectivity index (χ1n) is 15.7. The highest BCUT2D eigenvalue weighted by molar-refractivity contribution is 6.09. The van der Waals surface area contributed by atoms with E-state index in [0.717, 1.165) is 41.2 Å². The average molecular weight is 645 g/mol. The molecule has 0 saturated heterocycles. The largest absolute Gasteiger partial charge is 0.573 e. The summed E-state index contributed by atoms with van der Waals surface area (Å²) < 4.78 is 42.7. The average Bonchev–Trinajstić information content (AvgIpc) is 3.64. The molecule has 47 heavy (non-hydrogen) atoms. The number of nitrogens with zero attached hydrogens (tertiary/aromatic N) is 5. The van der Waals surface area contributed by atoms with E-state index in [2.05, 4.69) is 75.9 Å². The van der Waals surface area contributed by atoms with Crippen LogP contribution in [0.2, 0.25) is 0 Å². The van der Waals surface area contributed by atoms with Gasteiger partial charge in [0.1, 0.15) is 17.9 Å². The smallest absolute Gasteiger partial charge is 0.406 e. The number of allylic oxidation sites excluding steroid dienone is 1. The molecule has 1 aliphatic heterocycles. The Balaban J connectivity index is 1.12. The van der Waals surface area contributed by atoms with Crippen LogP contribution in [0.15, 0.2) is 89.8 Å². The quantitative estimate of drug-likeness (QED) is 0.187. The topological polar surface area (TPSA) is 84.6 Å². The first-order chi connectivity index (χ1) is 22.4. The molecule has 2 amide bonds. The molecule has 11 heteroatoms. The van der Waals surface area contributed by atoms with Gasteiger partial charge in [0.2, 0.25) is 0 Å². The van der Waals surface area contributed by atoms with Crippen LogP contribution in [0.25, 0.3) is 17.1 Å². The van der Waals surface area contributed by atoms with Crippen LogP contribution < -0.4 is 15.0 Å². The third-order valence-corrected chi connectivity index (χ3v) is 8.08. The Morgan fingerprint density at radius 3 is 2.43 bits per heavy atom. The lowest BCUT2D eigenvalue weighted by atomic mass is 9.95. The van der Waals surface area contributed by atoms with E-state index >= 15 is 0 Å². The van der Waals surface area contributed by atoms with Crippen molar-refractivity contribution in [3.8, 4) is 22.8 Å². The van der Waals surface area contributed by atoms with Crippen molar-refractivity contribution in [1.29, 1.82) is 0 Å². The maximum atomic E-state index is 12.8. The van der Waals surface area contributed by atoms with Gasteiger partial charge >= 0.3 is 12.4 Å². The van der Waals surface area contributed by atoms with Crippen molar-refractivity contribution in [2.75, 3.05) is 11.4 Å². The molecule has 2 heterocycles. The van der Waals surface area contributed by atoms with Crippen molar-refractivity contribution in [3.05, 3.63) is 102 Å². The van der Waals surface area contributed by atoms with Crippen molar-refractivity contribution in [3.63, 3.8) is 0 Å². The molecular formula is C36H39F3N6O2. The van der Waals surface area contributed by atoms with Gasteiger partial charge in [-0.05, 0) is 85.5 Å². The van der Waals surface area contributed by atoms with E-state index < -0.39 is 6.36 Å². The standard InChI is InChI=1S/C36H39F3N6O2/c1-23(2)33-25(4)7-6-8-31(33)45-26(5)9-18-32(45)42-35(46)40-20-19-24(3)21-27-10-12-28(13-11-27)34-41-22-44(43-34)29-14-16-30(17-15-29)47-36(37,38)39/h6-17,22-24H,18-21H2,1-5H3,(H,40,46). The Hall–Kier alpha value is -4.93. The number of anilines is 1. The highest BCUT2D eigenvalue weighted by Gasteiger charge is 2.31. The van der Waals surface area contributed by atoms with Gasteiger partial charge in [-0.25, -0.2) is 14.5 Å². The fourth-order valence-electron chi connectivity index (χ4n) is 5.86. The maximum absolute atomic E-state index is 12.8. The number of halogens is 3. The van der Waals surface area contributed by atoms with E-state index in [-0.39, 0.29) is 11.8 Å². The molecule has 1 aliphatic rings. The predicted molar refractivity (Wildman–Crippen MR) is 178 cm³/mol. The maximum Gasteiger partial charge on any atom is 0.573 e. The zero-order valence-electron chi connectivity index (χ0n) is 27.2. The fraction of sp³-hybridized carbons (Fsp3) is 0.333. The SMILES string of the molecule is CC1=CCC(=NC(=O)NCCC(C)Cc2ccc(-c3ncn(-c4ccc(OC(F)(F)F)cc4)n3)cc2)N1c1cccc(C)c1C(C)C. The molecule has 5 rings (SSSR count). The van der Waals surface area contributed by atoms with Gasteiger partial charge in [0.05, 0.1) is 11.4 Å². The van der Waals surface area contributed by atoms with E-state index in [0.29, 0.717) is 36.3 Å². The number of amides is 2. The van der Waals surface area contributed by atoms with Crippen LogP contribution in [-0.4, -0.2) is 39.5 Å². The summed E-state index contributed by atoms with van der Waals surface area (Å²) in [4.78, 5) is 23.7. The second kappa shape index (κ2) is 14.2. The lowest BCUT2D eigenvalue weighted by Gasteiger charge is -2.27. The second-order valence-electron chi connectivity index (χ2n) is 12.2. The molecule has 0 fully saturated rings. The summed E-state index contributed by atoms with van der Waals surface area (Å²) in [7, 11) is 0. The zero-order valence-corrected chi connectivity index (χ0v) is 27.2. The number of aromatic nitrogens is 3. The third-order valence-electron chi connectivity index (χ3n) is 8.08. The number of benzene rings is 3. The molecular weight excluding hydrogens is 605 g/mol. The van der Waals surface area contributed by atoms with Gasteiger partial charge in [0.25, 0.3) is 0 Å². The van der Waals surface area contributed by atoms with Crippen molar-refractivity contribution < 1.29 is 22.7 Å². The van der Waals surface area contributed by atoms with E-state index in [1.165, 1.54) is 46.4 Å². The number of amidine groups is 1. The Kier molecular flexibility index (Phi) is 10.1. The fourth-order valence-corrected chi connectivity index (χ4v) is 5.86. The summed E-state index contributed by atoms with van der Waals surface area (Å²) in [5, 5.41) is 7.44. The number of nitrogens with one attached hydrogen (secondary N) is 1. The van der Waals surface area contributed by atoms with Crippen molar-refractivity contribution in [1.82, 2.24) is 20.1 Å². The minimum absolute atomic E-state index is 0.301. The van der Waals surface area contributed by atoms with E-state index in [1.54, 1.807) is 0 Å². The molecule has 0 bridgehead atoms. The molecule has 0 saturated carbocycles. The normalized spacial score (nSPS) is 14.9. The molecule has 0 spiro atoms. The van der Waals surface area contributed by atoms with E-state index in [4.69, 9.17) is 0 Å². The number of carbonyl (C=O) groups is 1. The van der Waals surface area contributed by atoms with Crippen LogP contribution >= 0.6 is 0 Å². The number of aryl methyl sites for hydroxylation is 1. The van der Waals surface area contributed by atoms with Crippen molar-refractivity contribution in [2.24, 2.45) is 10.9 Å². The Morgan fingerprint density at radius 2 is 1.74 bits per heavy atom. The molecule has 0 radical (unpaired) electrons. The van der Waals surface area contributed by atoms with E-state index in [9.17, 15) is 18.0 Å². The molecule has 8 nitrogen and oxygen atoms in total. The molecule has 246 valence electrons. The summed E-state index contributed by atoms with van der Waals surface area (Å²) in [5.74, 6) is 1.59. The summed E-state index contributed by atoms with van der Waals surface area (Å²) >= 11 is 0. The number of alkyl halides is 3. The van der Waals surface area contributed by atoms with Crippen LogP contribution in [0.5, 0.6) is 5.75 Å². The van der Waals surface area contributed by atoms with Crippen LogP contribution in [-0.2, 0) is 6.42 Å². The van der Waals surface area contributed by atoms with Gasteiger partial charge in [-0.2, -0.15) is 4.99 Å². The summed E-state index contributed by atoms with van der Waals surface area (Å²) in [6, 6.07) is 19.3. The van der Waals surface area contributed by atoms with Gasteiger partial charge in [-0.1, -0.05) is 63.2 Å². The number of hydrogen-bond acceptors (Lipinski definition) is 4. The number of urea groups is 1. The van der Waals surface area contributed by atoms with Gasteiger partial charge in [-0.15, -0.1) is 18.3 Å². The molecule has 3 aromatic carbocycles. The highest BCUT2D eigenvalue weighted by atomic mass is 19.4. The van der Waals surface area contributed by atoms with Crippen molar-refractivity contribution >= 4 is 17.6 Å². The summed E-state index contributed by atoms with van der Waals surface area (Å²) in [5.41, 5.74) is 7.16. The van der Waals surface area contributed by atoms with Crippen LogP contribution in [0.1, 0.15) is 63.1 Å². The minimum Gasteiger partial charge on any atom is -0.406 e. The number of carbonyl (C=O) groups excluding carboxylic acids is 1. The van der Waals surface area contributed by atoms with Crippen LogP contribution in [0.3, 0.4) is 0 Å². The molecule has 1 aromatic heterocycles.